The van der Waals surface area contributed by atoms with Crippen molar-refractivity contribution in [3.8, 4) is 11.5 Å². The van der Waals surface area contributed by atoms with E-state index in [1.807, 2.05) is 0 Å². The minimum atomic E-state index is -0.933. The molecule has 0 saturated heterocycles. The number of anilines is 1. The Balaban J connectivity index is 1.93. The number of ether oxygens (including phenoxy) is 1. The zero-order chi connectivity index (χ0) is 17.5. The molecule has 8 heteroatoms. The number of aromatic hydroxyl groups is 1. The van der Waals surface area contributed by atoms with Gasteiger partial charge in [-0.05, 0) is 42.0 Å². The number of nitrogens with one attached hydrogen (secondary N) is 2. The summed E-state index contributed by atoms with van der Waals surface area (Å²) in [5, 5.41) is 16.0. The fourth-order valence-corrected chi connectivity index (χ4v) is 1.94. The lowest BCUT2D eigenvalue weighted by molar-refractivity contribution is -0.136. The number of carbonyl (C=O) groups excluding carboxylic acids is 2. The van der Waals surface area contributed by atoms with Crippen molar-refractivity contribution in [1.29, 1.82) is 0 Å². The van der Waals surface area contributed by atoms with Crippen LogP contribution in [0, 0.1) is 0 Å². The molecule has 0 heterocycles. The van der Waals surface area contributed by atoms with E-state index in [1.54, 1.807) is 24.3 Å². The molecular weight excluding hydrogens is 334 g/mol. The number of halogens is 1. The van der Waals surface area contributed by atoms with Gasteiger partial charge in [0.15, 0.2) is 11.5 Å². The fraction of sp³-hybridized carbons (Fsp3) is 0.0625. The molecule has 0 bridgehead atoms. The number of amides is 2. The summed E-state index contributed by atoms with van der Waals surface area (Å²) >= 11 is 5.79. The van der Waals surface area contributed by atoms with Crippen LogP contribution in [-0.4, -0.2) is 30.2 Å². The lowest BCUT2D eigenvalue weighted by Crippen LogP contribution is -2.32. The minimum absolute atomic E-state index is 0.0143. The number of hydrogen-bond acceptors (Lipinski definition) is 5. The van der Waals surface area contributed by atoms with E-state index in [9.17, 15) is 14.7 Å². The third-order valence-corrected chi connectivity index (χ3v) is 3.11. The highest BCUT2D eigenvalue weighted by atomic mass is 35.5. The van der Waals surface area contributed by atoms with Crippen molar-refractivity contribution in [1.82, 2.24) is 5.43 Å². The highest BCUT2D eigenvalue weighted by molar-refractivity contribution is 6.39. The standard InChI is InChI=1S/C16H14ClN3O4/c1-24-14-7-10(5-6-13(14)21)9-18-20-16(23)15(22)19-12-4-2-3-11(17)8-12/h2-9,21H,1H3,(H,19,22)(H,20,23)/b18-9-. The van der Waals surface area contributed by atoms with E-state index < -0.39 is 11.8 Å². The fourth-order valence-electron chi connectivity index (χ4n) is 1.74. The number of phenols is 1. The molecule has 0 spiro atoms. The second kappa shape index (κ2) is 7.98. The summed E-state index contributed by atoms with van der Waals surface area (Å²) in [7, 11) is 1.41. The highest BCUT2D eigenvalue weighted by Crippen LogP contribution is 2.25. The van der Waals surface area contributed by atoms with E-state index in [-0.39, 0.29) is 11.5 Å². The van der Waals surface area contributed by atoms with Crippen molar-refractivity contribution in [2.45, 2.75) is 0 Å². The van der Waals surface area contributed by atoms with Crippen molar-refractivity contribution in [2.75, 3.05) is 12.4 Å². The first kappa shape index (κ1) is 17.3. The van der Waals surface area contributed by atoms with Gasteiger partial charge >= 0.3 is 11.8 Å². The average molecular weight is 348 g/mol. The predicted molar refractivity (Wildman–Crippen MR) is 90.5 cm³/mol. The predicted octanol–water partition coefficient (Wildman–Crippen LogP) is 2.14. The number of nitrogens with zero attached hydrogens (tertiary/aromatic N) is 1. The van der Waals surface area contributed by atoms with Gasteiger partial charge in [-0.25, -0.2) is 5.43 Å². The first-order valence-electron chi connectivity index (χ1n) is 6.76. The normalized spacial score (nSPS) is 10.4. The summed E-state index contributed by atoms with van der Waals surface area (Å²) in [6.45, 7) is 0. The van der Waals surface area contributed by atoms with Crippen LogP contribution in [-0.2, 0) is 9.59 Å². The van der Waals surface area contributed by atoms with Crippen molar-refractivity contribution < 1.29 is 19.4 Å². The Morgan fingerprint density at radius 1 is 1.21 bits per heavy atom. The highest BCUT2D eigenvalue weighted by Gasteiger charge is 2.12. The zero-order valence-electron chi connectivity index (χ0n) is 12.6. The quantitative estimate of drug-likeness (QED) is 0.448. The number of phenolic OH excluding ortho intramolecular Hbond substituents is 1. The molecule has 124 valence electrons. The molecular formula is C16H14ClN3O4. The van der Waals surface area contributed by atoms with Gasteiger partial charge in [-0.2, -0.15) is 5.10 Å². The molecule has 0 fully saturated rings. The number of carbonyl (C=O) groups is 2. The topological polar surface area (TPSA) is 100 Å². The van der Waals surface area contributed by atoms with Gasteiger partial charge < -0.3 is 15.2 Å². The Labute approximate surface area is 142 Å². The van der Waals surface area contributed by atoms with Crippen molar-refractivity contribution in [3.63, 3.8) is 0 Å². The van der Waals surface area contributed by atoms with Crippen LogP contribution in [0.1, 0.15) is 5.56 Å². The van der Waals surface area contributed by atoms with Gasteiger partial charge in [0.1, 0.15) is 0 Å². The molecule has 2 aromatic carbocycles. The summed E-state index contributed by atoms with van der Waals surface area (Å²) in [6, 6.07) is 10.9. The SMILES string of the molecule is COc1cc(/C=N\NC(=O)C(=O)Nc2cccc(Cl)c2)ccc1O. The number of methoxy groups -OCH3 is 1. The Kier molecular flexibility index (Phi) is 5.75. The molecule has 24 heavy (non-hydrogen) atoms. The summed E-state index contributed by atoms with van der Waals surface area (Å²) in [6.07, 6.45) is 1.31. The average Bonchev–Trinajstić information content (AvgIpc) is 2.56. The molecule has 0 saturated carbocycles. The number of hydrazone groups is 1. The molecule has 3 N–H and O–H groups in total. The van der Waals surface area contributed by atoms with E-state index in [2.05, 4.69) is 15.8 Å². The van der Waals surface area contributed by atoms with Gasteiger partial charge in [0, 0.05) is 10.7 Å². The first-order chi connectivity index (χ1) is 11.5. The molecule has 0 aliphatic heterocycles. The van der Waals surface area contributed by atoms with E-state index >= 15 is 0 Å². The first-order valence-corrected chi connectivity index (χ1v) is 7.14. The molecule has 0 radical (unpaired) electrons. The lowest BCUT2D eigenvalue weighted by Gasteiger charge is -2.04. The maximum Gasteiger partial charge on any atom is 0.329 e. The van der Waals surface area contributed by atoms with Crippen LogP contribution in [0.25, 0.3) is 0 Å². The largest absolute Gasteiger partial charge is 0.504 e. The molecule has 0 atom stereocenters. The molecule has 0 aliphatic carbocycles. The molecule has 2 rings (SSSR count). The van der Waals surface area contributed by atoms with Gasteiger partial charge in [-0.1, -0.05) is 17.7 Å². The monoisotopic (exact) mass is 347 g/mol. The van der Waals surface area contributed by atoms with Gasteiger partial charge in [0.25, 0.3) is 0 Å². The van der Waals surface area contributed by atoms with Crippen LogP contribution >= 0.6 is 11.6 Å². The van der Waals surface area contributed by atoms with E-state index in [4.69, 9.17) is 16.3 Å². The van der Waals surface area contributed by atoms with Crippen LogP contribution in [0.2, 0.25) is 5.02 Å². The minimum Gasteiger partial charge on any atom is -0.504 e. The zero-order valence-corrected chi connectivity index (χ0v) is 13.4. The van der Waals surface area contributed by atoms with Gasteiger partial charge in [0.2, 0.25) is 0 Å². The van der Waals surface area contributed by atoms with Gasteiger partial charge in [-0.15, -0.1) is 0 Å². The van der Waals surface area contributed by atoms with Crippen molar-refractivity contribution >= 4 is 35.3 Å². The summed E-state index contributed by atoms with van der Waals surface area (Å²) < 4.78 is 4.95. The summed E-state index contributed by atoms with van der Waals surface area (Å²) in [5.74, 6) is -1.56. The Bertz CT molecular complexity index is 793. The summed E-state index contributed by atoms with van der Waals surface area (Å²) in [5.41, 5.74) is 3.07. The second-order valence-electron chi connectivity index (χ2n) is 4.59. The number of rotatable bonds is 4. The Morgan fingerprint density at radius 2 is 2.00 bits per heavy atom. The van der Waals surface area contributed by atoms with Gasteiger partial charge in [-0.3, -0.25) is 9.59 Å². The van der Waals surface area contributed by atoms with Crippen LogP contribution in [0.4, 0.5) is 5.69 Å². The van der Waals surface area contributed by atoms with Gasteiger partial charge in [0.05, 0.1) is 13.3 Å². The van der Waals surface area contributed by atoms with Crippen molar-refractivity contribution in [2.24, 2.45) is 5.10 Å². The van der Waals surface area contributed by atoms with Crippen molar-refractivity contribution in [3.05, 3.63) is 53.1 Å². The van der Waals surface area contributed by atoms with E-state index in [1.165, 1.54) is 31.5 Å². The Hall–Kier alpha value is -3.06. The van der Waals surface area contributed by atoms with E-state index in [0.717, 1.165) is 0 Å². The smallest absolute Gasteiger partial charge is 0.329 e. The lowest BCUT2D eigenvalue weighted by atomic mass is 10.2. The molecule has 0 aliphatic rings. The molecule has 2 amide bonds. The molecule has 0 aromatic heterocycles. The third kappa shape index (κ3) is 4.72. The second-order valence-corrected chi connectivity index (χ2v) is 5.03. The Morgan fingerprint density at radius 3 is 2.71 bits per heavy atom. The third-order valence-electron chi connectivity index (χ3n) is 2.87. The van der Waals surface area contributed by atoms with Crippen LogP contribution in [0.3, 0.4) is 0 Å². The number of benzene rings is 2. The molecule has 7 nitrogen and oxygen atoms in total. The maximum absolute atomic E-state index is 11.7. The maximum atomic E-state index is 11.7. The van der Waals surface area contributed by atoms with Crippen LogP contribution < -0.4 is 15.5 Å². The molecule has 2 aromatic rings. The number of hydrogen-bond donors (Lipinski definition) is 3. The molecule has 0 unspecified atom stereocenters. The van der Waals surface area contributed by atoms with E-state index in [0.29, 0.717) is 16.3 Å². The summed E-state index contributed by atoms with van der Waals surface area (Å²) in [4.78, 5) is 23.4. The van der Waals surface area contributed by atoms with Crippen LogP contribution in [0.15, 0.2) is 47.6 Å². The van der Waals surface area contributed by atoms with Crippen LogP contribution in [0.5, 0.6) is 11.5 Å².